The van der Waals surface area contributed by atoms with Gasteiger partial charge in [-0.1, -0.05) is 13.8 Å². The van der Waals surface area contributed by atoms with Crippen LogP contribution in [0.25, 0.3) is 0 Å². The molecule has 19 heavy (non-hydrogen) atoms. The summed E-state index contributed by atoms with van der Waals surface area (Å²) in [6.45, 7) is 7.11. The van der Waals surface area contributed by atoms with Crippen LogP contribution in [0.5, 0.6) is 0 Å². The molecule has 3 unspecified atom stereocenters. The number of carbonyl (C=O) groups is 1. The Bertz CT molecular complexity index is 492. The third kappa shape index (κ3) is 2.69. The molecule has 104 valence electrons. The van der Waals surface area contributed by atoms with E-state index in [0.29, 0.717) is 17.7 Å². The highest BCUT2D eigenvalue weighted by molar-refractivity contribution is 5.93. The summed E-state index contributed by atoms with van der Waals surface area (Å²) in [6.07, 6.45) is 2.19. The highest BCUT2D eigenvalue weighted by atomic mass is 19.1. The molecule has 0 aliphatic carbocycles. The van der Waals surface area contributed by atoms with Crippen molar-refractivity contribution in [1.29, 1.82) is 0 Å². The molecule has 1 aromatic heterocycles. The van der Waals surface area contributed by atoms with Gasteiger partial charge in [0.25, 0.3) is 0 Å². The van der Waals surface area contributed by atoms with Crippen LogP contribution in [0, 0.1) is 17.7 Å². The second-order valence-corrected chi connectivity index (χ2v) is 5.54. The molecule has 2 rings (SSSR count). The maximum absolute atomic E-state index is 13.2. The smallest absolute Gasteiger partial charge is 0.339 e. The summed E-state index contributed by atoms with van der Waals surface area (Å²) in [7, 11) is 0. The first-order valence-corrected chi connectivity index (χ1v) is 6.55. The van der Waals surface area contributed by atoms with Crippen LogP contribution in [0.3, 0.4) is 0 Å². The van der Waals surface area contributed by atoms with Crippen LogP contribution in [-0.4, -0.2) is 28.6 Å². The molecule has 1 aliphatic rings. The summed E-state index contributed by atoms with van der Waals surface area (Å²) in [6, 6.07) is 1.24. The van der Waals surface area contributed by atoms with E-state index in [1.54, 1.807) is 0 Å². The van der Waals surface area contributed by atoms with E-state index in [4.69, 9.17) is 0 Å². The van der Waals surface area contributed by atoms with E-state index in [-0.39, 0.29) is 11.6 Å². The molecular formula is C14H19FN2O2. The Morgan fingerprint density at radius 3 is 2.79 bits per heavy atom. The van der Waals surface area contributed by atoms with Crippen LogP contribution < -0.4 is 4.90 Å². The summed E-state index contributed by atoms with van der Waals surface area (Å²) in [5.74, 6) is -0.455. The fourth-order valence-corrected chi connectivity index (χ4v) is 2.81. The maximum atomic E-state index is 13.2. The number of hydrogen-bond donors (Lipinski definition) is 1. The summed E-state index contributed by atoms with van der Waals surface area (Å²) in [4.78, 5) is 17.3. The number of nitrogens with zero attached hydrogens (tertiary/aromatic N) is 2. The van der Waals surface area contributed by atoms with Crippen LogP contribution in [0.4, 0.5) is 10.2 Å². The first-order chi connectivity index (χ1) is 8.90. The van der Waals surface area contributed by atoms with Gasteiger partial charge in [-0.05, 0) is 31.2 Å². The quantitative estimate of drug-likeness (QED) is 0.894. The zero-order chi connectivity index (χ0) is 14.2. The van der Waals surface area contributed by atoms with E-state index in [1.807, 2.05) is 4.90 Å². The first kappa shape index (κ1) is 13.8. The van der Waals surface area contributed by atoms with Gasteiger partial charge in [-0.3, -0.25) is 0 Å². The van der Waals surface area contributed by atoms with Gasteiger partial charge in [0.2, 0.25) is 0 Å². The number of rotatable bonds is 2. The van der Waals surface area contributed by atoms with Gasteiger partial charge in [0, 0.05) is 12.6 Å². The largest absolute Gasteiger partial charge is 0.478 e. The van der Waals surface area contributed by atoms with Gasteiger partial charge < -0.3 is 10.0 Å². The van der Waals surface area contributed by atoms with E-state index in [1.165, 1.54) is 0 Å². The topological polar surface area (TPSA) is 53.4 Å². The standard InChI is InChI=1S/C14H19FN2O2/c1-8-4-9(2)10(3)17(7-8)13-12(14(18)19)5-11(15)6-16-13/h5-6,8-10H,4,7H2,1-3H3,(H,18,19). The molecule has 0 aromatic carbocycles. The van der Waals surface area contributed by atoms with Crippen molar-refractivity contribution < 1.29 is 14.3 Å². The first-order valence-electron chi connectivity index (χ1n) is 6.55. The molecule has 0 saturated carbocycles. The summed E-state index contributed by atoms with van der Waals surface area (Å²) in [5, 5.41) is 9.21. The number of pyridine rings is 1. The van der Waals surface area contributed by atoms with E-state index < -0.39 is 11.8 Å². The Labute approximate surface area is 112 Å². The summed E-state index contributed by atoms with van der Waals surface area (Å²) >= 11 is 0. The average molecular weight is 266 g/mol. The Balaban J connectivity index is 2.42. The minimum absolute atomic E-state index is 0.0619. The molecule has 3 atom stereocenters. The normalized spacial score (nSPS) is 27.4. The lowest BCUT2D eigenvalue weighted by molar-refractivity contribution is 0.0696. The zero-order valence-electron chi connectivity index (χ0n) is 11.4. The Morgan fingerprint density at radius 2 is 2.16 bits per heavy atom. The summed E-state index contributed by atoms with van der Waals surface area (Å²) < 4.78 is 13.2. The van der Waals surface area contributed by atoms with E-state index in [0.717, 1.165) is 25.2 Å². The van der Waals surface area contributed by atoms with Crippen molar-refractivity contribution in [2.75, 3.05) is 11.4 Å². The molecule has 1 fully saturated rings. The van der Waals surface area contributed by atoms with Crippen LogP contribution in [0.2, 0.25) is 0 Å². The number of aromatic nitrogens is 1. The number of aromatic carboxylic acids is 1. The third-order valence-corrected chi connectivity index (χ3v) is 3.93. The number of anilines is 1. The molecular weight excluding hydrogens is 247 g/mol. The fraction of sp³-hybridized carbons (Fsp3) is 0.571. The molecule has 1 aliphatic heterocycles. The van der Waals surface area contributed by atoms with Crippen molar-refractivity contribution >= 4 is 11.8 Å². The predicted molar refractivity (Wildman–Crippen MR) is 70.9 cm³/mol. The fourth-order valence-electron chi connectivity index (χ4n) is 2.81. The van der Waals surface area contributed by atoms with Crippen LogP contribution in [0.1, 0.15) is 37.6 Å². The molecule has 1 saturated heterocycles. The minimum Gasteiger partial charge on any atom is -0.478 e. The molecule has 0 radical (unpaired) electrons. The van der Waals surface area contributed by atoms with Crippen molar-refractivity contribution in [2.45, 2.75) is 33.2 Å². The maximum Gasteiger partial charge on any atom is 0.339 e. The van der Waals surface area contributed by atoms with Gasteiger partial charge in [-0.25, -0.2) is 14.2 Å². The molecule has 4 nitrogen and oxygen atoms in total. The number of piperidine rings is 1. The van der Waals surface area contributed by atoms with E-state index >= 15 is 0 Å². The van der Waals surface area contributed by atoms with Crippen LogP contribution in [0.15, 0.2) is 12.3 Å². The van der Waals surface area contributed by atoms with Crippen molar-refractivity contribution in [2.24, 2.45) is 11.8 Å². The van der Waals surface area contributed by atoms with Gasteiger partial charge in [0.05, 0.1) is 6.20 Å². The lowest BCUT2D eigenvalue weighted by Crippen LogP contribution is -2.46. The van der Waals surface area contributed by atoms with Gasteiger partial charge in [-0.2, -0.15) is 0 Å². The number of carboxylic acids is 1. The SMILES string of the molecule is CC1CC(C)C(C)N(c2ncc(F)cc2C(=O)O)C1. The van der Waals surface area contributed by atoms with Crippen LogP contribution in [-0.2, 0) is 0 Å². The van der Waals surface area contributed by atoms with Crippen molar-refractivity contribution in [3.05, 3.63) is 23.6 Å². The average Bonchev–Trinajstić information content (AvgIpc) is 2.34. The van der Waals surface area contributed by atoms with Crippen LogP contribution >= 0.6 is 0 Å². The lowest BCUT2D eigenvalue weighted by atomic mass is 9.86. The molecule has 1 N–H and O–H groups in total. The lowest BCUT2D eigenvalue weighted by Gasteiger charge is -2.42. The van der Waals surface area contributed by atoms with Crippen molar-refractivity contribution in [3.8, 4) is 0 Å². The Morgan fingerprint density at radius 1 is 1.47 bits per heavy atom. The van der Waals surface area contributed by atoms with Crippen molar-refractivity contribution in [1.82, 2.24) is 4.98 Å². The highest BCUT2D eigenvalue weighted by Gasteiger charge is 2.32. The molecule has 0 bridgehead atoms. The minimum atomic E-state index is -1.14. The van der Waals surface area contributed by atoms with Gasteiger partial charge in [-0.15, -0.1) is 0 Å². The molecule has 0 spiro atoms. The molecule has 0 amide bonds. The monoisotopic (exact) mass is 266 g/mol. The molecule has 2 heterocycles. The Kier molecular flexibility index (Phi) is 3.73. The van der Waals surface area contributed by atoms with E-state index in [9.17, 15) is 14.3 Å². The van der Waals surface area contributed by atoms with Gasteiger partial charge in [0.1, 0.15) is 17.2 Å². The van der Waals surface area contributed by atoms with E-state index in [2.05, 4.69) is 25.8 Å². The Hall–Kier alpha value is -1.65. The van der Waals surface area contributed by atoms with Crippen molar-refractivity contribution in [3.63, 3.8) is 0 Å². The molecule has 5 heteroatoms. The number of carboxylic acid groups (broad SMARTS) is 1. The number of hydrogen-bond acceptors (Lipinski definition) is 3. The highest BCUT2D eigenvalue weighted by Crippen LogP contribution is 2.32. The molecule has 1 aromatic rings. The zero-order valence-corrected chi connectivity index (χ0v) is 11.4. The number of halogens is 1. The third-order valence-electron chi connectivity index (χ3n) is 3.93. The van der Waals surface area contributed by atoms with Gasteiger partial charge >= 0.3 is 5.97 Å². The predicted octanol–water partition coefficient (Wildman–Crippen LogP) is 2.79. The second-order valence-electron chi connectivity index (χ2n) is 5.54. The second kappa shape index (κ2) is 5.15. The summed E-state index contributed by atoms with van der Waals surface area (Å²) in [5.41, 5.74) is -0.0619. The van der Waals surface area contributed by atoms with Gasteiger partial charge in [0.15, 0.2) is 0 Å².